The number of rotatable bonds is 3. The molecule has 1 unspecified atom stereocenters. The highest BCUT2D eigenvalue weighted by atomic mass is 32.2. The van der Waals surface area contributed by atoms with E-state index in [0.29, 0.717) is 4.31 Å². The highest BCUT2D eigenvalue weighted by Crippen LogP contribution is 2.21. The lowest BCUT2D eigenvalue weighted by Crippen LogP contribution is -2.49. The van der Waals surface area contributed by atoms with Crippen molar-refractivity contribution in [3.8, 4) is 0 Å². The molecule has 0 saturated carbocycles. The number of nitrogens with zero attached hydrogens (tertiary/aromatic N) is 2. The third kappa shape index (κ3) is 2.33. The van der Waals surface area contributed by atoms with Crippen LogP contribution in [0.3, 0.4) is 0 Å². The molecule has 1 aliphatic heterocycles. The van der Waals surface area contributed by atoms with E-state index in [9.17, 15) is 18.0 Å². The monoisotopic (exact) mass is 250 g/mol. The zero-order chi connectivity index (χ0) is 12.5. The lowest BCUT2D eigenvalue weighted by atomic mass is 10.00. The average Bonchev–Trinajstić information content (AvgIpc) is 2.17. The topological polar surface area (TPSA) is 95.0 Å². The highest BCUT2D eigenvalue weighted by molar-refractivity contribution is 7.87. The van der Waals surface area contributed by atoms with E-state index in [1.165, 1.54) is 14.1 Å². The smallest absolute Gasteiger partial charge is 0.308 e. The molecule has 1 N–H and O–H groups in total. The number of amides is 1. The first-order chi connectivity index (χ1) is 7.26. The fourth-order valence-corrected chi connectivity index (χ4v) is 2.55. The third-order valence-electron chi connectivity index (χ3n) is 2.46. The van der Waals surface area contributed by atoms with Crippen LogP contribution in [0.15, 0.2) is 0 Å². The van der Waals surface area contributed by atoms with Crippen molar-refractivity contribution in [2.75, 3.05) is 20.6 Å². The van der Waals surface area contributed by atoms with E-state index in [0.717, 1.165) is 4.31 Å². The van der Waals surface area contributed by atoms with Crippen molar-refractivity contribution in [3.63, 3.8) is 0 Å². The number of aliphatic carboxylic acids is 1. The van der Waals surface area contributed by atoms with E-state index in [2.05, 4.69) is 0 Å². The molecule has 92 valence electrons. The first kappa shape index (κ1) is 12.9. The normalized spacial score (nSPS) is 22.6. The molecule has 1 heterocycles. The molecular formula is C8H14N2O5S. The molecule has 8 heteroatoms. The molecule has 1 saturated heterocycles. The highest BCUT2D eigenvalue weighted by Gasteiger charge is 2.37. The Morgan fingerprint density at radius 1 is 1.50 bits per heavy atom. The fraction of sp³-hybridized carbons (Fsp3) is 0.750. The van der Waals surface area contributed by atoms with Crippen LogP contribution in [0.5, 0.6) is 0 Å². The Kier molecular flexibility index (Phi) is 3.54. The second-order valence-electron chi connectivity index (χ2n) is 3.79. The third-order valence-corrected chi connectivity index (χ3v) is 4.29. The summed E-state index contributed by atoms with van der Waals surface area (Å²) in [5, 5.41) is 8.80. The first-order valence-corrected chi connectivity index (χ1v) is 6.12. The molecule has 1 aliphatic rings. The van der Waals surface area contributed by atoms with Gasteiger partial charge in [0.05, 0.1) is 12.5 Å². The zero-order valence-corrected chi connectivity index (χ0v) is 9.90. The van der Waals surface area contributed by atoms with Gasteiger partial charge in [-0.1, -0.05) is 0 Å². The maximum atomic E-state index is 11.7. The molecule has 0 aliphatic carbocycles. The standard InChI is InChI=1S/C8H14N2O5S/c1-9(2)16(14,15)10-5-6(8(12)13)3-4-7(10)11/h6H,3-5H2,1-2H3,(H,12,13). The Morgan fingerprint density at radius 3 is 2.50 bits per heavy atom. The lowest BCUT2D eigenvalue weighted by Gasteiger charge is -2.31. The van der Waals surface area contributed by atoms with Gasteiger partial charge in [0.25, 0.3) is 0 Å². The fourth-order valence-electron chi connectivity index (χ4n) is 1.44. The van der Waals surface area contributed by atoms with Gasteiger partial charge in [-0.15, -0.1) is 0 Å². The van der Waals surface area contributed by atoms with Crippen molar-refractivity contribution in [1.82, 2.24) is 8.61 Å². The number of hydrogen-bond acceptors (Lipinski definition) is 4. The van der Waals surface area contributed by atoms with E-state index >= 15 is 0 Å². The summed E-state index contributed by atoms with van der Waals surface area (Å²) in [6.07, 6.45) is 0.137. The minimum absolute atomic E-state index is 0.0516. The zero-order valence-electron chi connectivity index (χ0n) is 9.08. The molecule has 0 spiro atoms. The van der Waals surface area contributed by atoms with Crippen LogP contribution in [0.2, 0.25) is 0 Å². The number of carboxylic acids is 1. The van der Waals surface area contributed by atoms with Gasteiger partial charge in [-0.2, -0.15) is 12.7 Å². The minimum Gasteiger partial charge on any atom is -0.481 e. The lowest BCUT2D eigenvalue weighted by molar-refractivity contribution is -0.145. The predicted molar refractivity (Wildman–Crippen MR) is 54.7 cm³/mol. The largest absolute Gasteiger partial charge is 0.481 e. The SMILES string of the molecule is CN(C)S(=O)(=O)N1CC(C(=O)O)CCC1=O. The van der Waals surface area contributed by atoms with Crippen LogP contribution in [0, 0.1) is 5.92 Å². The number of carbonyl (C=O) groups excluding carboxylic acids is 1. The Hall–Kier alpha value is -1.15. The van der Waals surface area contributed by atoms with Gasteiger partial charge in [0.15, 0.2) is 0 Å². The van der Waals surface area contributed by atoms with Gasteiger partial charge in [-0.3, -0.25) is 9.59 Å². The van der Waals surface area contributed by atoms with Crippen LogP contribution in [0.4, 0.5) is 0 Å². The maximum absolute atomic E-state index is 11.7. The summed E-state index contributed by atoms with van der Waals surface area (Å²) in [5.41, 5.74) is 0. The Bertz CT molecular complexity index is 403. The van der Waals surface area contributed by atoms with Crippen LogP contribution >= 0.6 is 0 Å². The van der Waals surface area contributed by atoms with Crippen LogP contribution < -0.4 is 0 Å². The van der Waals surface area contributed by atoms with Gasteiger partial charge in [0.1, 0.15) is 0 Å². The molecule has 0 aromatic rings. The van der Waals surface area contributed by atoms with E-state index in [4.69, 9.17) is 5.11 Å². The minimum atomic E-state index is -3.86. The number of carboxylic acid groups (broad SMARTS) is 1. The van der Waals surface area contributed by atoms with E-state index in [1.807, 2.05) is 0 Å². The molecule has 0 bridgehead atoms. The summed E-state index contributed by atoms with van der Waals surface area (Å²) < 4.78 is 24.9. The second kappa shape index (κ2) is 4.38. The summed E-state index contributed by atoms with van der Waals surface area (Å²) in [7, 11) is -1.26. The van der Waals surface area contributed by atoms with Gasteiger partial charge >= 0.3 is 16.2 Å². The van der Waals surface area contributed by atoms with Crippen LogP contribution in [0.1, 0.15) is 12.8 Å². The van der Waals surface area contributed by atoms with Crippen molar-refractivity contribution in [1.29, 1.82) is 0 Å². The van der Waals surface area contributed by atoms with E-state index < -0.39 is 28.0 Å². The summed E-state index contributed by atoms with van der Waals surface area (Å²) >= 11 is 0. The van der Waals surface area contributed by atoms with Crippen LogP contribution in [-0.4, -0.2) is 54.7 Å². The molecule has 7 nitrogen and oxygen atoms in total. The summed E-state index contributed by atoms with van der Waals surface area (Å²) in [6, 6.07) is 0. The Labute approximate surface area is 93.8 Å². The number of carbonyl (C=O) groups is 2. The quantitative estimate of drug-likeness (QED) is 0.701. The maximum Gasteiger partial charge on any atom is 0.308 e. The van der Waals surface area contributed by atoms with Gasteiger partial charge in [0.2, 0.25) is 5.91 Å². The van der Waals surface area contributed by atoms with Gasteiger partial charge in [0, 0.05) is 20.5 Å². The molecule has 1 amide bonds. The van der Waals surface area contributed by atoms with Crippen molar-refractivity contribution in [2.24, 2.45) is 5.92 Å². The summed E-state index contributed by atoms with van der Waals surface area (Å²) in [5.74, 6) is -2.44. The first-order valence-electron chi connectivity index (χ1n) is 4.72. The van der Waals surface area contributed by atoms with Crippen LogP contribution in [-0.2, 0) is 19.8 Å². The molecule has 1 fully saturated rings. The molecule has 1 rings (SSSR count). The van der Waals surface area contributed by atoms with E-state index in [-0.39, 0.29) is 19.4 Å². The predicted octanol–water partition coefficient (Wildman–Crippen LogP) is -0.884. The van der Waals surface area contributed by atoms with Gasteiger partial charge in [-0.25, -0.2) is 4.31 Å². The second-order valence-corrected chi connectivity index (χ2v) is 5.86. The Morgan fingerprint density at radius 2 is 2.06 bits per heavy atom. The Balaban J connectivity index is 2.94. The molecule has 16 heavy (non-hydrogen) atoms. The average molecular weight is 250 g/mol. The van der Waals surface area contributed by atoms with Crippen LogP contribution in [0.25, 0.3) is 0 Å². The van der Waals surface area contributed by atoms with Crippen molar-refractivity contribution in [3.05, 3.63) is 0 Å². The molecule has 0 radical (unpaired) electrons. The van der Waals surface area contributed by atoms with Gasteiger partial charge in [-0.05, 0) is 6.42 Å². The summed E-state index contributed by atoms with van der Waals surface area (Å²) in [6.45, 7) is -0.283. The molecule has 1 atom stereocenters. The number of hydrogen-bond donors (Lipinski definition) is 1. The molecule has 0 aromatic carbocycles. The van der Waals surface area contributed by atoms with Crippen molar-refractivity contribution in [2.45, 2.75) is 12.8 Å². The van der Waals surface area contributed by atoms with E-state index in [1.54, 1.807) is 0 Å². The van der Waals surface area contributed by atoms with Gasteiger partial charge < -0.3 is 5.11 Å². The number of piperidine rings is 1. The summed E-state index contributed by atoms with van der Waals surface area (Å²) in [4.78, 5) is 22.2. The van der Waals surface area contributed by atoms with Crippen molar-refractivity contribution < 1.29 is 23.1 Å². The molecular weight excluding hydrogens is 236 g/mol. The molecule has 0 aromatic heterocycles. The van der Waals surface area contributed by atoms with Crippen molar-refractivity contribution >= 4 is 22.1 Å².